The Morgan fingerprint density at radius 2 is 0.600 bits per heavy atom. The lowest BCUT2D eigenvalue weighted by Gasteiger charge is -2.44. The molecule has 0 aromatic rings. The van der Waals surface area contributed by atoms with Gasteiger partial charge in [-0.2, -0.15) is 70.2 Å². The van der Waals surface area contributed by atoms with Crippen LogP contribution in [0.4, 0.5) is 70.2 Å². The summed E-state index contributed by atoms with van der Waals surface area (Å²) in [5, 5.41) is 0. The first-order valence-electron chi connectivity index (χ1n) is 7.48. The maximum atomic E-state index is 13.6. The Labute approximate surface area is 158 Å². The van der Waals surface area contributed by atoms with Gasteiger partial charge >= 0.3 is 47.4 Å². The molecule has 16 heteroatoms. The summed E-state index contributed by atoms with van der Waals surface area (Å²) < 4.78 is 213. The zero-order chi connectivity index (χ0) is 25.2. The zero-order valence-corrected chi connectivity index (χ0v) is 15.3. The average molecular weight is 486 g/mol. The SMILES string of the molecule is CC(C)(C)CC(F)(F)C(F)(F)C(F)(F)C(F)(F)C(F)(F)C(F)(F)C(F)(F)C(C)(F)F. The van der Waals surface area contributed by atoms with E-state index in [0.717, 1.165) is 0 Å². The predicted octanol–water partition coefficient (Wildman–Crippen LogP) is 7.52. The highest BCUT2D eigenvalue weighted by atomic mass is 19.4. The lowest BCUT2D eigenvalue weighted by Crippen LogP contribution is -2.74. The van der Waals surface area contributed by atoms with E-state index in [-0.39, 0.29) is 0 Å². The van der Waals surface area contributed by atoms with E-state index in [4.69, 9.17) is 0 Å². The first kappa shape index (κ1) is 28.9. The summed E-state index contributed by atoms with van der Waals surface area (Å²) in [6.45, 7) is 0.902. The van der Waals surface area contributed by atoms with Crippen LogP contribution in [0.1, 0.15) is 34.1 Å². The van der Waals surface area contributed by atoms with Crippen molar-refractivity contribution < 1.29 is 70.2 Å². The quantitative estimate of drug-likeness (QED) is 0.312. The molecule has 0 saturated heterocycles. The highest BCUT2D eigenvalue weighted by Gasteiger charge is 2.94. The first-order valence-corrected chi connectivity index (χ1v) is 7.48. The molecule has 0 unspecified atom stereocenters. The van der Waals surface area contributed by atoms with Crippen molar-refractivity contribution in [1.29, 1.82) is 0 Å². The smallest absolute Gasteiger partial charge is 0.200 e. The number of alkyl halides is 16. The third kappa shape index (κ3) is 3.91. The molecule has 0 aliphatic carbocycles. The minimum Gasteiger partial charge on any atom is -0.200 e. The summed E-state index contributed by atoms with van der Waals surface area (Å²) >= 11 is 0. The van der Waals surface area contributed by atoms with Crippen molar-refractivity contribution in [2.24, 2.45) is 5.41 Å². The van der Waals surface area contributed by atoms with E-state index in [2.05, 4.69) is 0 Å². The fraction of sp³-hybridized carbons (Fsp3) is 1.00. The van der Waals surface area contributed by atoms with Gasteiger partial charge in [0.2, 0.25) is 0 Å². The van der Waals surface area contributed by atoms with Crippen LogP contribution in [-0.4, -0.2) is 47.4 Å². The van der Waals surface area contributed by atoms with Crippen LogP contribution < -0.4 is 0 Å². The second-order valence-electron chi connectivity index (χ2n) is 7.78. The van der Waals surface area contributed by atoms with Gasteiger partial charge < -0.3 is 0 Å². The Morgan fingerprint density at radius 3 is 0.833 bits per heavy atom. The molecular formula is C14H14F16. The Kier molecular flexibility index (Phi) is 6.68. The van der Waals surface area contributed by atoms with Crippen LogP contribution in [0.2, 0.25) is 0 Å². The minimum atomic E-state index is -8.34. The molecule has 0 rings (SSSR count). The van der Waals surface area contributed by atoms with Gasteiger partial charge in [-0.25, -0.2) is 0 Å². The van der Waals surface area contributed by atoms with Crippen molar-refractivity contribution in [3.63, 3.8) is 0 Å². The lowest BCUT2D eigenvalue weighted by atomic mass is 9.82. The van der Waals surface area contributed by atoms with Crippen LogP contribution in [0.5, 0.6) is 0 Å². The lowest BCUT2D eigenvalue weighted by molar-refractivity contribution is -0.453. The Balaban J connectivity index is 6.70. The van der Waals surface area contributed by atoms with E-state index in [1.54, 1.807) is 0 Å². The summed E-state index contributed by atoms with van der Waals surface area (Å²) in [6, 6.07) is 0. The predicted molar refractivity (Wildman–Crippen MR) is 69.3 cm³/mol. The van der Waals surface area contributed by atoms with Crippen molar-refractivity contribution in [2.75, 3.05) is 0 Å². The molecule has 30 heavy (non-hydrogen) atoms. The van der Waals surface area contributed by atoms with Crippen LogP contribution in [0.25, 0.3) is 0 Å². The Hall–Kier alpha value is -1.12. The third-order valence-electron chi connectivity index (χ3n) is 3.73. The molecule has 0 bridgehead atoms. The van der Waals surface area contributed by atoms with Crippen LogP contribution in [0, 0.1) is 5.41 Å². The van der Waals surface area contributed by atoms with Crippen molar-refractivity contribution in [2.45, 2.75) is 81.5 Å². The number of rotatable bonds is 8. The van der Waals surface area contributed by atoms with E-state index in [9.17, 15) is 70.2 Å². The second-order valence-corrected chi connectivity index (χ2v) is 7.78. The van der Waals surface area contributed by atoms with Crippen molar-refractivity contribution in [1.82, 2.24) is 0 Å². The summed E-state index contributed by atoms with van der Waals surface area (Å²) in [7, 11) is 0. The van der Waals surface area contributed by atoms with E-state index < -0.39 is 66.1 Å². The molecule has 0 saturated carbocycles. The van der Waals surface area contributed by atoms with Crippen molar-refractivity contribution in [3.8, 4) is 0 Å². The topological polar surface area (TPSA) is 0 Å². The van der Waals surface area contributed by atoms with Gasteiger partial charge in [-0.1, -0.05) is 20.8 Å². The minimum absolute atomic E-state index is 0.694. The van der Waals surface area contributed by atoms with Gasteiger partial charge in [0.05, 0.1) is 0 Å². The molecule has 0 nitrogen and oxygen atoms in total. The summed E-state index contributed by atoms with van der Waals surface area (Å²) in [6.07, 6.45) is -2.37. The third-order valence-corrected chi connectivity index (χ3v) is 3.73. The van der Waals surface area contributed by atoms with E-state index in [0.29, 0.717) is 20.8 Å². The molecule has 0 aromatic heterocycles. The second kappa shape index (κ2) is 6.94. The largest absolute Gasteiger partial charge is 0.384 e. The standard InChI is InChI=1S/C14H14F16/c1-6(2,3)5-8(17,18)10(21,22)12(25,26)14(29,30)13(27,28)11(23,24)9(19,20)7(4,15)16/h5H2,1-4H3. The molecule has 182 valence electrons. The Bertz CT molecular complexity index is 619. The number of hydrogen-bond acceptors (Lipinski definition) is 0. The van der Waals surface area contributed by atoms with E-state index in [1.807, 2.05) is 0 Å². The molecule has 0 heterocycles. The van der Waals surface area contributed by atoms with Gasteiger partial charge in [0.25, 0.3) is 0 Å². The van der Waals surface area contributed by atoms with Crippen LogP contribution in [0.3, 0.4) is 0 Å². The average Bonchev–Trinajstić information content (AvgIpc) is 2.41. The van der Waals surface area contributed by atoms with Crippen LogP contribution >= 0.6 is 0 Å². The van der Waals surface area contributed by atoms with Gasteiger partial charge in [0, 0.05) is 13.3 Å². The molecular weight excluding hydrogens is 472 g/mol. The van der Waals surface area contributed by atoms with Gasteiger partial charge in [-0.3, -0.25) is 0 Å². The molecule has 0 N–H and O–H groups in total. The van der Waals surface area contributed by atoms with Gasteiger partial charge in [0.15, 0.2) is 0 Å². The molecule has 0 aliphatic rings. The molecule has 0 aromatic carbocycles. The van der Waals surface area contributed by atoms with Gasteiger partial charge in [0.1, 0.15) is 0 Å². The molecule has 0 spiro atoms. The highest BCUT2D eigenvalue weighted by molar-refractivity contribution is 5.15. The van der Waals surface area contributed by atoms with Gasteiger partial charge in [-0.05, 0) is 5.41 Å². The molecule has 0 atom stereocenters. The highest BCUT2D eigenvalue weighted by Crippen LogP contribution is 2.64. The van der Waals surface area contributed by atoms with Gasteiger partial charge in [-0.15, -0.1) is 0 Å². The van der Waals surface area contributed by atoms with Crippen molar-refractivity contribution >= 4 is 0 Å². The van der Waals surface area contributed by atoms with Crippen LogP contribution in [-0.2, 0) is 0 Å². The van der Waals surface area contributed by atoms with E-state index in [1.165, 1.54) is 0 Å². The normalized spacial score (nSPS) is 16.8. The van der Waals surface area contributed by atoms with Crippen LogP contribution in [0.15, 0.2) is 0 Å². The van der Waals surface area contributed by atoms with Crippen molar-refractivity contribution in [3.05, 3.63) is 0 Å². The summed E-state index contributed by atoms with van der Waals surface area (Å²) in [5.74, 6) is -60.3. The first-order chi connectivity index (χ1) is 12.5. The molecule has 0 fully saturated rings. The number of halogens is 16. The monoisotopic (exact) mass is 486 g/mol. The summed E-state index contributed by atoms with van der Waals surface area (Å²) in [4.78, 5) is 0. The Morgan fingerprint density at radius 1 is 0.367 bits per heavy atom. The maximum Gasteiger partial charge on any atom is 0.384 e. The number of hydrogen-bond donors (Lipinski definition) is 0. The fourth-order valence-corrected chi connectivity index (χ4v) is 2.07. The zero-order valence-electron chi connectivity index (χ0n) is 15.3. The maximum absolute atomic E-state index is 13.6. The fourth-order valence-electron chi connectivity index (χ4n) is 2.07. The molecule has 0 radical (unpaired) electrons. The molecule has 0 aliphatic heterocycles. The van der Waals surface area contributed by atoms with E-state index >= 15 is 0 Å². The molecule has 0 amide bonds. The summed E-state index contributed by atoms with van der Waals surface area (Å²) in [5.41, 5.74) is -2.04.